The molecule has 240 valence electrons. The van der Waals surface area contributed by atoms with Crippen LogP contribution in [0.1, 0.15) is 41.1 Å². The van der Waals surface area contributed by atoms with E-state index in [1.165, 1.54) is 17.9 Å². The maximum absolute atomic E-state index is 13.0. The minimum absolute atomic E-state index is 0.282. The number of hydrogen-bond acceptors (Lipinski definition) is 11. The number of fused-ring (bicyclic) bond motifs is 1. The lowest BCUT2D eigenvalue weighted by Gasteiger charge is -2.22. The fourth-order valence-electron chi connectivity index (χ4n) is 5.71. The zero-order valence-corrected chi connectivity index (χ0v) is 25.5. The van der Waals surface area contributed by atoms with E-state index >= 15 is 0 Å². The molecular weight excluding hydrogens is 594 g/mol. The van der Waals surface area contributed by atoms with Crippen molar-refractivity contribution >= 4 is 11.0 Å². The highest BCUT2D eigenvalue weighted by Gasteiger charge is 2.38. The van der Waals surface area contributed by atoms with Gasteiger partial charge in [0.25, 0.3) is 5.56 Å². The number of aryl methyl sites for hydroxylation is 1. The number of nitrogens with one attached hydrogen (secondary N) is 2. The number of benzene rings is 2. The maximum Gasteiger partial charge on any atom is 0.340 e. The summed E-state index contributed by atoms with van der Waals surface area (Å²) in [5.74, 6) is 0.502. The summed E-state index contributed by atoms with van der Waals surface area (Å²) in [6.07, 6.45) is 2.27. The van der Waals surface area contributed by atoms with Gasteiger partial charge in [0.1, 0.15) is 12.3 Å². The van der Waals surface area contributed by atoms with Crippen molar-refractivity contribution in [3.05, 3.63) is 121 Å². The number of aromatic nitrogens is 5. The summed E-state index contributed by atoms with van der Waals surface area (Å²) < 4.78 is 19.9. The van der Waals surface area contributed by atoms with Crippen LogP contribution in [0.2, 0.25) is 0 Å². The van der Waals surface area contributed by atoms with E-state index in [-0.39, 0.29) is 12.6 Å². The van der Waals surface area contributed by atoms with Crippen molar-refractivity contribution in [2.45, 2.75) is 51.4 Å². The first-order chi connectivity index (χ1) is 22.3. The Balaban J connectivity index is 1.14. The molecule has 1 aliphatic rings. The monoisotopic (exact) mass is 629 g/mol. The van der Waals surface area contributed by atoms with Gasteiger partial charge in [0.05, 0.1) is 37.2 Å². The molecular formula is C32H35N7O7. The Labute approximate surface area is 262 Å². The zero-order chi connectivity index (χ0) is 32.2. The molecule has 0 aliphatic carbocycles. The third-order valence-corrected chi connectivity index (χ3v) is 8.04. The second-order valence-electron chi connectivity index (χ2n) is 11.3. The second kappa shape index (κ2) is 13.6. The van der Waals surface area contributed by atoms with E-state index in [4.69, 9.17) is 13.9 Å². The Morgan fingerprint density at radius 2 is 1.93 bits per heavy atom. The molecule has 14 nitrogen and oxygen atoms in total. The molecule has 3 N–H and O–H groups in total. The van der Waals surface area contributed by atoms with E-state index in [9.17, 15) is 19.5 Å². The van der Waals surface area contributed by atoms with Gasteiger partial charge in [-0.15, -0.1) is 5.10 Å². The number of nitrogens with zero attached hydrogens (tertiary/aromatic N) is 5. The van der Waals surface area contributed by atoms with E-state index in [2.05, 4.69) is 25.5 Å². The van der Waals surface area contributed by atoms with Gasteiger partial charge in [-0.2, -0.15) is 0 Å². The molecule has 46 heavy (non-hydrogen) atoms. The highest BCUT2D eigenvalue weighted by atomic mass is 16.5. The number of aliphatic hydroxyl groups excluding tert-OH is 1. The molecule has 0 spiro atoms. The van der Waals surface area contributed by atoms with Gasteiger partial charge in [0.2, 0.25) is 0 Å². The van der Waals surface area contributed by atoms with Gasteiger partial charge in [-0.1, -0.05) is 47.7 Å². The lowest BCUT2D eigenvalue weighted by atomic mass is 10.1. The molecule has 0 unspecified atom stereocenters. The van der Waals surface area contributed by atoms with Crippen molar-refractivity contribution in [3.8, 4) is 5.75 Å². The fraction of sp³-hybridized carbons (Fsp3) is 0.344. The molecule has 1 aliphatic heterocycles. The summed E-state index contributed by atoms with van der Waals surface area (Å²) in [6.45, 7) is 3.06. The highest BCUT2D eigenvalue weighted by molar-refractivity contribution is 5.82. The van der Waals surface area contributed by atoms with Crippen LogP contribution in [0.5, 0.6) is 5.75 Å². The minimum Gasteiger partial charge on any atom is -0.493 e. The van der Waals surface area contributed by atoms with Crippen LogP contribution in [-0.2, 0) is 24.4 Å². The van der Waals surface area contributed by atoms with Crippen molar-refractivity contribution < 1.29 is 19.0 Å². The van der Waals surface area contributed by atoms with Crippen LogP contribution >= 0.6 is 0 Å². The summed E-state index contributed by atoms with van der Waals surface area (Å²) in [5, 5.41) is 22.8. The summed E-state index contributed by atoms with van der Waals surface area (Å²) in [7, 11) is 1.54. The quantitative estimate of drug-likeness (QED) is 0.136. The Bertz CT molecular complexity index is 1980. The van der Waals surface area contributed by atoms with Crippen LogP contribution in [0.3, 0.4) is 0 Å². The standard InChI is InChI=1S/C32H35N7O7/c1-20-14-38(32(43)34-30(20)41)28-12-25(27(18-40)45-28)39-17-24(35-36-39)13-33-19-37(15-21-7-4-3-5-8-21)16-23-11-22-9-6-10-26(44-2)29(22)46-31(23)42/h3-11,14,17,25,27-28,33,40H,12-13,15-16,18-19H2,1-2H3,(H,34,41,43)/t25-,27+,28+/m1/s1. The van der Waals surface area contributed by atoms with E-state index in [0.717, 1.165) is 10.9 Å². The summed E-state index contributed by atoms with van der Waals surface area (Å²) in [4.78, 5) is 41.6. The minimum atomic E-state index is -0.684. The largest absolute Gasteiger partial charge is 0.493 e. The van der Waals surface area contributed by atoms with Crippen LogP contribution in [0.25, 0.3) is 11.0 Å². The molecule has 3 aromatic heterocycles. The average Bonchev–Trinajstić information content (AvgIpc) is 3.70. The van der Waals surface area contributed by atoms with Crippen LogP contribution in [0, 0.1) is 6.92 Å². The van der Waals surface area contributed by atoms with Gasteiger partial charge >= 0.3 is 11.3 Å². The molecule has 0 bridgehead atoms. The number of hydrogen-bond donors (Lipinski definition) is 3. The zero-order valence-electron chi connectivity index (χ0n) is 25.5. The molecule has 2 aromatic carbocycles. The van der Waals surface area contributed by atoms with E-state index in [1.54, 1.807) is 23.9 Å². The first-order valence-electron chi connectivity index (χ1n) is 14.9. The third-order valence-electron chi connectivity index (χ3n) is 8.04. The van der Waals surface area contributed by atoms with Crippen molar-refractivity contribution in [1.82, 2.24) is 34.8 Å². The summed E-state index contributed by atoms with van der Waals surface area (Å²) in [5.41, 5.74) is 1.61. The maximum atomic E-state index is 13.0. The lowest BCUT2D eigenvalue weighted by molar-refractivity contribution is -0.0323. The summed E-state index contributed by atoms with van der Waals surface area (Å²) in [6, 6.07) is 16.9. The highest BCUT2D eigenvalue weighted by Crippen LogP contribution is 2.35. The number of aliphatic hydroxyl groups is 1. The second-order valence-corrected chi connectivity index (χ2v) is 11.3. The van der Waals surface area contributed by atoms with Crippen LogP contribution in [0.4, 0.5) is 0 Å². The molecule has 14 heteroatoms. The Morgan fingerprint density at radius 3 is 2.72 bits per heavy atom. The molecule has 3 atom stereocenters. The number of H-pyrrole nitrogens is 1. The van der Waals surface area contributed by atoms with E-state index in [1.807, 2.05) is 48.5 Å². The number of para-hydroxylation sites is 1. The van der Waals surface area contributed by atoms with Crippen molar-refractivity contribution in [1.29, 1.82) is 0 Å². The molecule has 0 radical (unpaired) electrons. The smallest absolute Gasteiger partial charge is 0.340 e. The first-order valence-corrected chi connectivity index (χ1v) is 14.9. The Hall–Kier alpha value is -4.89. The number of ether oxygens (including phenoxy) is 2. The molecule has 0 amide bonds. The average molecular weight is 630 g/mol. The molecule has 6 rings (SSSR count). The molecule has 5 aromatic rings. The van der Waals surface area contributed by atoms with Gasteiger partial charge in [-0.3, -0.25) is 24.6 Å². The van der Waals surface area contributed by atoms with Crippen LogP contribution in [0.15, 0.2) is 85.8 Å². The molecule has 1 fully saturated rings. The predicted octanol–water partition coefficient (Wildman–Crippen LogP) is 1.82. The number of methoxy groups -OCH3 is 1. The SMILES string of the molecule is COc1cccc2cc(CN(CNCc3cn([C@@H]4C[C@@H](n5cc(C)c(=O)[nH]c5=O)O[C@H]4CO)nn3)Cc3ccccc3)c(=O)oc12. The fourth-order valence-corrected chi connectivity index (χ4v) is 5.71. The Morgan fingerprint density at radius 1 is 1.11 bits per heavy atom. The normalized spacial score (nSPS) is 18.0. The predicted molar refractivity (Wildman–Crippen MR) is 167 cm³/mol. The van der Waals surface area contributed by atoms with Gasteiger partial charge in [-0.05, 0) is 24.6 Å². The first kappa shape index (κ1) is 31.1. The summed E-state index contributed by atoms with van der Waals surface area (Å²) >= 11 is 0. The number of aromatic amines is 1. The van der Waals surface area contributed by atoms with Crippen LogP contribution < -0.4 is 26.9 Å². The van der Waals surface area contributed by atoms with Gasteiger partial charge in [0, 0.05) is 49.9 Å². The van der Waals surface area contributed by atoms with Crippen molar-refractivity contribution in [3.63, 3.8) is 0 Å². The third kappa shape index (κ3) is 6.70. The van der Waals surface area contributed by atoms with E-state index in [0.29, 0.717) is 60.9 Å². The number of rotatable bonds is 12. The molecule has 0 saturated carbocycles. The van der Waals surface area contributed by atoms with Gasteiger partial charge in [-0.25, -0.2) is 14.3 Å². The molecule has 1 saturated heterocycles. The topological polar surface area (TPSA) is 170 Å². The van der Waals surface area contributed by atoms with E-state index < -0.39 is 29.2 Å². The van der Waals surface area contributed by atoms with Gasteiger partial charge < -0.3 is 19.0 Å². The van der Waals surface area contributed by atoms with Crippen LogP contribution in [-0.4, -0.2) is 61.0 Å². The molecule has 4 heterocycles. The lowest BCUT2D eigenvalue weighted by Crippen LogP contribution is -2.34. The van der Waals surface area contributed by atoms with Crippen molar-refractivity contribution in [2.24, 2.45) is 0 Å². The Kier molecular flexibility index (Phi) is 9.21. The van der Waals surface area contributed by atoms with Gasteiger partial charge in [0.15, 0.2) is 11.3 Å². The van der Waals surface area contributed by atoms with Crippen molar-refractivity contribution in [2.75, 3.05) is 20.4 Å².